The highest BCUT2D eigenvalue weighted by Gasteiger charge is 2.41. The predicted molar refractivity (Wildman–Crippen MR) is 98.4 cm³/mol. The van der Waals surface area contributed by atoms with Gasteiger partial charge in [-0.05, 0) is 30.7 Å². The number of carbonyl (C=O) groups excluding carboxylic acids is 1. The SMILES string of the molecule is CC1c2ccc(C(F)(F)C(N)=O)cc2N(Cc2c(Cl)cccc2Cl)N1C. The van der Waals surface area contributed by atoms with Crippen LogP contribution in [0.4, 0.5) is 14.5 Å². The number of hydrogen-bond acceptors (Lipinski definition) is 3. The molecule has 0 saturated carbocycles. The first kappa shape index (κ1) is 18.9. The molecule has 4 nitrogen and oxygen atoms in total. The molecule has 1 unspecified atom stereocenters. The summed E-state index contributed by atoms with van der Waals surface area (Å²) in [5.74, 6) is -5.43. The van der Waals surface area contributed by atoms with Crippen molar-refractivity contribution in [2.24, 2.45) is 5.73 Å². The molecule has 138 valence electrons. The lowest BCUT2D eigenvalue weighted by Gasteiger charge is -2.30. The summed E-state index contributed by atoms with van der Waals surface area (Å²) in [5.41, 5.74) is 6.52. The molecule has 0 bridgehead atoms. The van der Waals surface area contributed by atoms with Gasteiger partial charge in [-0.25, -0.2) is 5.01 Å². The first-order valence-corrected chi connectivity index (χ1v) is 8.65. The predicted octanol–water partition coefficient (Wildman–Crippen LogP) is 4.50. The Bertz CT molecular complexity index is 855. The Morgan fingerprint density at radius 1 is 1.23 bits per heavy atom. The van der Waals surface area contributed by atoms with E-state index in [-0.39, 0.29) is 6.04 Å². The van der Waals surface area contributed by atoms with Gasteiger partial charge in [0.15, 0.2) is 0 Å². The number of alkyl halides is 2. The maximum absolute atomic E-state index is 14.1. The monoisotopic (exact) mass is 399 g/mol. The summed E-state index contributed by atoms with van der Waals surface area (Å²) in [6.07, 6.45) is 0. The van der Waals surface area contributed by atoms with Gasteiger partial charge < -0.3 is 10.7 Å². The van der Waals surface area contributed by atoms with Crippen LogP contribution in [0.2, 0.25) is 10.0 Å². The van der Waals surface area contributed by atoms with E-state index in [4.69, 9.17) is 28.9 Å². The van der Waals surface area contributed by atoms with E-state index in [1.165, 1.54) is 12.1 Å². The van der Waals surface area contributed by atoms with Crippen molar-refractivity contribution in [1.82, 2.24) is 5.01 Å². The maximum Gasteiger partial charge on any atom is 0.349 e. The average molecular weight is 400 g/mol. The summed E-state index contributed by atoms with van der Waals surface area (Å²) in [6, 6.07) is 9.27. The molecule has 1 heterocycles. The second-order valence-electron chi connectivity index (χ2n) is 6.22. The van der Waals surface area contributed by atoms with Crippen molar-refractivity contribution in [3.05, 3.63) is 63.1 Å². The molecule has 1 atom stereocenters. The zero-order valence-electron chi connectivity index (χ0n) is 14.1. The van der Waals surface area contributed by atoms with Crippen LogP contribution >= 0.6 is 23.2 Å². The van der Waals surface area contributed by atoms with Gasteiger partial charge >= 0.3 is 5.92 Å². The maximum atomic E-state index is 14.1. The number of anilines is 1. The van der Waals surface area contributed by atoms with E-state index in [1.807, 2.05) is 24.0 Å². The molecule has 26 heavy (non-hydrogen) atoms. The fraction of sp³-hybridized carbons (Fsp3) is 0.278. The van der Waals surface area contributed by atoms with Gasteiger partial charge in [-0.2, -0.15) is 8.78 Å². The summed E-state index contributed by atoms with van der Waals surface area (Å²) in [6.45, 7) is 2.26. The van der Waals surface area contributed by atoms with Gasteiger partial charge in [0.1, 0.15) is 0 Å². The highest BCUT2D eigenvalue weighted by atomic mass is 35.5. The number of hydrazine groups is 1. The van der Waals surface area contributed by atoms with Gasteiger partial charge in [0, 0.05) is 28.2 Å². The second-order valence-corrected chi connectivity index (χ2v) is 7.03. The number of halogens is 4. The Hall–Kier alpha value is -1.89. The van der Waals surface area contributed by atoms with Crippen molar-refractivity contribution in [3.63, 3.8) is 0 Å². The van der Waals surface area contributed by atoms with Gasteiger partial charge in [-0.3, -0.25) is 4.79 Å². The third-order valence-electron chi connectivity index (χ3n) is 4.74. The topological polar surface area (TPSA) is 49.6 Å². The summed E-state index contributed by atoms with van der Waals surface area (Å²) < 4.78 is 28.1. The smallest absolute Gasteiger partial charge is 0.349 e. The number of nitrogens with zero attached hydrogens (tertiary/aromatic N) is 2. The Morgan fingerprint density at radius 2 is 1.85 bits per heavy atom. The minimum Gasteiger partial charge on any atom is -0.364 e. The number of benzene rings is 2. The van der Waals surface area contributed by atoms with Crippen LogP contribution in [-0.2, 0) is 17.3 Å². The molecule has 2 aromatic rings. The second kappa shape index (κ2) is 6.68. The van der Waals surface area contributed by atoms with Crippen molar-refractivity contribution in [2.75, 3.05) is 12.1 Å². The quantitative estimate of drug-likeness (QED) is 0.823. The molecule has 0 aliphatic carbocycles. The number of fused-ring (bicyclic) bond motifs is 1. The normalized spacial score (nSPS) is 17.5. The molecule has 8 heteroatoms. The first-order valence-electron chi connectivity index (χ1n) is 7.90. The molecule has 0 fully saturated rings. The Kier molecular flexibility index (Phi) is 4.86. The number of carbonyl (C=O) groups is 1. The molecule has 0 saturated heterocycles. The third-order valence-corrected chi connectivity index (χ3v) is 5.45. The molecule has 0 aromatic heterocycles. The molecule has 1 aliphatic rings. The van der Waals surface area contributed by atoms with E-state index >= 15 is 0 Å². The van der Waals surface area contributed by atoms with E-state index in [1.54, 1.807) is 24.3 Å². The zero-order chi connectivity index (χ0) is 19.2. The molecule has 0 radical (unpaired) electrons. The lowest BCUT2D eigenvalue weighted by Crippen LogP contribution is -2.36. The largest absolute Gasteiger partial charge is 0.364 e. The van der Waals surface area contributed by atoms with Crippen LogP contribution in [0.1, 0.15) is 29.7 Å². The minimum atomic E-state index is -3.74. The van der Waals surface area contributed by atoms with Crippen LogP contribution in [0, 0.1) is 0 Å². The van der Waals surface area contributed by atoms with Crippen LogP contribution in [0.5, 0.6) is 0 Å². The fourth-order valence-corrected chi connectivity index (χ4v) is 3.59. The Balaban J connectivity index is 2.06. The number of hydrogen-bond donors (Lipinski definition) is 1. The molecular weight excluding hydrogens is 383 g/mol. The average Bonchev–Trinajstić information content (AvgIpc) is 2.82. The summed E-state index contributed by atoms with van der Waals surface area (Å²) in [7, 11) is 1.85. The van der Waals surface area contributed by atoms with Gasteiger partial charge in [-0.1, -0.05) is 41.4 Å². The standard InChI is InChI=1S/C18H17Cl2F2N3O/c1-10-12-7-6-11(18(21,22)17(23)26)8-16(12)25(24(10)2)9-13-14(19)4-3-5-15(13)20/h3-8,10H,9H2,1-2H3,(H2,23,26). The number of primary amides is 1. The van der Waals surface area contributed by atoms with Crippen molar-refractivity contribution >= 4 is 34.8 Å². The lowest BCUT2D eigenvalue weighted by molar-refractivity contribution is -0.143. The Morgan fingerprint density at radius 3 is 2.42 bits per heavy atom. The molecule has 0 spiro atoms. The zero-order valence-corrected chi connectivity index (χ0v) is 15.7. The molecule has 1 amide bonds. The molecule has 3 rings (SSSR count). The van der Waals surface area contributed by atoms with Gasteiger partial charge in [0.05, 0.1) is 18.3 Å². The van der Waals surface area contributed by atoms with Gasteiger partial charge in [0.25, 0.3) is 5.91 Å². The van der Waals surface area contributed by atoms with Crippen LogP contribution in [0.3, 0.4) is 0 Å². The number of amides is 1. The minimum absolute atomic E-state index is 0.0393. The summed E-state index contributed by atoms with van der Waals surface area (Å²) in [5, 5.41) is 4.71. The fourth-order valence-electron chi connectivity index (χ4n) is 3.07. The third kappa shape index (κ3) is 3.02. The van der Waals surface area contributed by atoms with E-state index in [0.29, 0.717) is 27.8 Å². The lowest BCUT2D eigenvalue weighted by atomic mass is 10.0. The van der Waals surface area contributed by atoms with Crippen molar-refractivity contribution in [3.8, 4) is 0 Å². The highest BCUT2D eigenvalue weighted by molar-refractivity contribution is 6.36. The number of rotatable bonds is 4. The van der Waals surface area contributed by atoms with Crippen molar-refractivity contribution in [1.29, 1.82) is 0 Å². The Labute approximate surface area is 160 Å². The summed E-state index contributed by atoms with van der Waals surface area (Å²) >= 11 is 12.5. The van der Waals surface area contributed by atoms with E-state index in [2.05, 4.69) is 0 Å². The van der Waals surface area contributed by atoms with Crippen molar-refractivity contribution in [2.45, 2.75) is 25.4 Å². The van der Waals surface area contributed by atoms with Gasteiger partial charge in [-0.15, -0.1) is 0 Å². The van der Waals surface area contributed by atoms with Crippen LogP contribution in [0.15, 0.2) is 36.4 Å². The van der Waals surface area contributed by atoms with Gasteiger partial charge in [0.2, 0.25) is 0 Å². The van der Waals surface area contributed by atoms with Crippen LogP contribution in [0.25, 0.3) is 0 Å². The van der Waals surface area contributed by atoms with E-state index in [0.717, 1.165) is 5.56 Å². The van der Waals surface area contributed by atoms with E-state index in [9.17, 15) is 13.6 Å². The van der Waals surface area contributed by atoms with E-state index < -0.39 is 17.4 Å². The van der Waals surface area contributed by atoms with Crippen LogP contribution < -0.4 is 10.7 Å². The molecule has 1 aliphatic heterocycles. The van der Waals surface area contributed by atoms with Crippen LogP contribution in [-0.4, -0.2) is 18.0 Å². The number of nitrogens with two attached hydrogens (primary N) is 1. The first-order chi connectivity index (χ1) is 12.1. The summed E-state index contributed by atoms with van der Waals surface area (Å²) in [4.78, 5) is 11.1. The highest BCUT2D eigenvalue weighted by Crippen LogP contribution is 2.43. The molecule has 2 aromatic carbocycles. The molecule has 2 N–H and O–H groups in total. The van der Waals surface area contributed by atoms with Crippen molar-refractivity contribution < 1.29 is 13.6 Å². The molecular formula is C18H17Cl2F2N3O.